The minimum Gasteiger partial charge on any atom is -0.353 e. The van der Waals surface area contributed by atoms with E-state index in [-0.39, 0.29) is 17.9 Å². The van der Waals surface area contributed by atoms with Crippen molar-refractivity contribution in [2.45, 2.75) is 44.6 Å². The summed E-state index contributed by atoms with van der Waals surface area (Å²) in [4.78, 5) is 12.2. The number of carbonyl (C=O) groups is 1. The Hall–Kier alpha value is -1.51. The van der Waals surface area contributed by atoms with Gasteiger partial charge in [-0.1, -0.05) is 47.5 Å². The molecule has 0 heterocycles. The van der Waals surface area contributed by atoms with Gasteiger partial charge in [-0.05, 0) is 67.5 Å². The molecule has 0 bridgehead atoms. The van der Waals surface area contributed by atoms with Crippen molar-refractivity contribution in [2.75, 3.05) is 0 Å². The summed E-state index contributed by atoms with van der Waals surface area (Å²) >= 11 is 12.0. The van der Waals surface area contributed by atoms with Crippen LogP contribution in [0.3, 0.4) is 0 Å². The smallest absolute Gasteiger partial charge is 0.220 e. The second kappa shape index (κ2) is 8.25. The lowest BCUT2D eigenvalue weighted by atomic mass is 9.86. The topological polar surface area (TPSA) is 29.1 Å². The molecule has 0 aliphatic heterocycles. The number of halogens is 2. The SMILES string of the molecule is C[C@@H](NC(=O)CC1CC1)[C@H](Cc1ccc(Cl)cc1)c1ccc(Cl)cc1. The minimum atomic E-state index is 0.0445. The number of nitrogens with one attached hydrogen (secondary N) is 1. The lowest BCUT2D eigenvalue weighted by molar-refractivity contribution is -0.122. The zero-order valence-corrected chi connectivity index (χ0v) is 15.9. The molecule has 2 aromatic carbocycles. The molecule has 2 nitrogen and oxygen atoms in total. The maximum Gasteiger partial charge on any atom is 0.220 e. The van der Waals surface area contributed by atoms with E-state index in [1.807, 2.05) is 48.5 Å². The number of benzene rings is 2. The molecular formula is C21H23Cl2NO. The van der Waals surface area contributed by atoms with Gasteiger partial charge < -0.3 is 5.32 Å². The average Bonchev–Trinajstić information content (AvgIpc) is 3.39. The van der Waals surface area contributed by atoms with Gasteiger partial charge in [0.25, 0.3) is 0 Å². The van der Waals surface area contributed by atoms with Crippen molar-refractivity contribution in [2.24, 2.45) is 5.92 Å². The number of hydrogen-bond acceptors (Lipinski definition) is 1. The third-order valence-corrected chi connectivity index (χ3v) is 5.33. The fourth-order valence-electron chi connectivity index (χ4n) is 3.17. The molecule has 1 aliphatic rings. The predicted molar refractivity (Wildman–Crippen MR) is 104 cm³/mol. The zero-order chi connectivity index (χ0) is 17.8. The monoisotopic (exact) mass is 375 g/mol. The molecule has 1 saturated carbocycles. The van der Waals surface area contributed by atoms with Gasteiger partial charge in [-0.15, -0.1) is 0 Å². The Morgan fingerprint density at radius 2 is 1.60 bits per heavy atom. The lowest BCUT2D eigenvalue weighted by Crippen LogP contribution is -2.38. The Morgan fingerprint density at radius 1 is 1.04 bits per heavy atom. The highest BCUT2D eigenvalue weighted by Gasteiger charge is 2.27. The molecule has 3 rings (SSSR count). The van der Waals surface area contributed by atoms with Crippen LogP contribution in [0.1, 0.15) is 43.2 Å². The van der Waals surface area contributed by atoms with Gasteiger partial charge in [-0.3, -0.25) is 4.79 Å². The molecule has 0 spiro atoms. The summed E-state index contributed by atoms with van der Waals surface area (Å²) in [5.74, 6) is 0.934. The molecular weight excluding hydrogens is 353 g/mol. The van der Waals surface area contributed by atoms with E-state index in [1.165, 1.54) is 24.0 Å². The van der Waals surface area contributed by atoms with Crippen LogP contribution in [0.4, 0.5) is 0 Å². The quantitative estimate of drug-likeness (QED) is 0.667. The third kappa shape index (κ3) is 5.49. The molecule has 0 saturated heterocycles. The second-order valence-corrected chi connectivity index (χ2v) is 7.87. The standard InChI is InChI=1S/C21H23Cl2NO/c1-14(24-21(25)13-16-2-3-16)20(17-6-10-19(23)11-7-17)12-15-4-8-18(22)9-5-15/h4-11,14,16,20H,2-3,12-13H2,1H3,(H,24,25)/t14-,20+/m1/s1. The minimum absolute atomic E-state index is 0.0445. The van der Waals surface area contributed by atoms with E-state index in [0.717, 1.165) is 16.5 Å². The summed E-state index contributed by atoms with van der Waals surface area (Å²) in [7, 11) is 0. The van der Waals surface area contributed by atoms with Gasteiger partial charge in [0.05, 0.1) is 0 Å². The normalized spacial score (nSPS) is 16.3. The summed E-state index contributed by atoms with van der Waals surface area (Å²) in [6.07, 6.45) is 3.86. The number of hydrogen-bond donors (Lipinski definition) is 1. The second-order valence-electron chi connectivity index (χ2n) is 6.99. The molecule has 2 aromatic rings. The van der Waals surface area contributed by atoms with Crippen LogP contribution in [0.5, 0.6) is 0 Å². The summed E-state index contributed by atoms with van der Waals surface area (Å²) in [5.41, 5.74) is 2.38. The largest absolute Gasteiger partial charge is 0.353 e. The number of amides is 1. The molecule has 2 atom stereocenters. The van der Waals surface area contributed by atoms with E-state index in [2.05, 4.69) is 12.2 Å². The van der Waals surface area contributed by atoms with Gasteiger partial charge in [0, 0.05) is 28.4 Å². The Bertz CT molecular complexity index is 708. The lowest BCUT2D eigenvalue weighted by Gasteiger charge is -2.26. The molecule has 1 amide bonds. The van der Waals surface area contributed by atoms with Gasteiger partial charge in [0.15, 0.2) is 0 Å². The van der Waals surface area contributed by atoms with Crippen molar-refractivity contribution in [3.05, 3.63) is 69.7 Å². The van der Waals surface area contributed by atoms with Gasteiger partial charge in [0.1, 0.15) is 0 Å². The van der Waals surface area contributed by atoms with E-state index in [1.54, 1.807) is 0 Å². The first-order chi connectivity index (χ1) is 12.0. The van der Waals surface area contributed by atoms with Crippen LogP contribution in [-0.4, -0.2) is 11.9 Å². The molecule has 25 heavy (non-hydrogen) atoms. The van der Waals surface area contributed by atoms with E-state index in [4.69, 9.17) is 23.2 Å². The Morgan fingerprint density at radius 3 is 2.16 bits per heavy atom. The average molecular weight is 376 g/mol. The third-order valence-electron chi connectivity index (χ3n) is 4.83. The molecule has 1 aliphatic carbocycles. The number of rotatable bonds is 7. The van der Waals surface area contributed by atoms with Crippen molar-refractivity contribution in [1.82, 2.24) is 5.32 Å². The molecule has 1 N–H and O–H groups in total. The summed E-state index contributed by atoms with van der Waals surface area (Å²) in [6, 6.07) is 15.9. The van der Waals surface area contributed by atoms with E-state index >= 15 is 0 Å². The number of carbonyl (C=O) groups excluding carboxylic acids is 1. The molecule has 132 valence electrons. The summed E-state index contributed by atoms with van der Waals surface area (Å²) in [5, 5.41) is 4.65. The van der Waals surface area contributed by atoms with Gasteiger partial charge in [0.2, 0.25) is 5.91 Å². The molecule has 1 fully saturated rings. The van der Waals surface area contributed by atoms with Crippen molar-refractivity contribution < 1.29 is 4.79 Å². The van der Waals surface area contributed by atoms with Crippen LogP contribution in [0, 0.1) is 5.92 Å². The van der Waals surface area contributed by atoms with E-state index < -0.39 is 0 Å². The van der Waals surface area contributed by atoms with Crippen LogP contribution in [0.2, 0.25) is 10.0 Å². The van der Waals surface area contributed by atoms with Crippen LogP contribution in [0.15, 0.2) is 48.5 Å². The van der Waals surface area contributed by atoms with Crippen LogP contribution >= 0.6 is 23.2 Å². The summed E-state index contributed by atoms with van der Waals surface area (Å²) < 4.78 is 0. The Kier molecular flexibility index (Phi) is 6.03. The zero-order valence-electron chi connectivity index (χ0n) is 14.3. The molecule has 4 heteroatoms. The fraction of sp³-hybridized carbons (Fsp3) is 0.381. The maximum atomic E-state index is 12.2. The first-order valence-electron chi connectivity index (χ1n) is 8.80. The van der Waals surface area contributed by atoms with Crippen molar-refractivity contribution in [1.29, 1.82) is 0 Å². The van der Waals surface area contributed by atoms with Crippen LogP contribution in [-0.2, 0) is 11.2 Å². The molecule has 0 aromatic heterocycles. The van der Waals surface area contributed by atoms with E-state index in [0.29, 0.717) is 12.3 Å². The van der Waals surface area contributed by atoms with Crippen LogP contribution < -0.4 is 5.32 Å². The molecule has 0 radical (unpaired) electrons. The van der Waals surface area contributed by atoms with Crippen molar-refractivity contribution in [3.8, 4) is 0 Å². The van der Waals surface area contributed by atoms with Gasteiger partial charge >= 0.3 is 0 Å². The van der Waals surface area contributed by atoms with Crippen LogP contribution in [0.25, 0.3) is 0 Å². The molecule has 0 unspecified atom stereocenters. The summed E-state index contributed by atoms with van der Waals surface area (Å²) in [6.45, 7) is 2.08. The highest BCUT2D eigenvalue weighted by molar-refractivity contribution is 6.30. The van der Waals surface area contributed by atoms with Crippen molar-refractivity contribution in [3.63, 3.8) is 0 Å². The van der Waals surface area contributed by atoms with Gasteiger partial charge in [-0.25, -0.2) is 0 Å². The maximum absolute atomic E-state index is 12.2. The highest BCUT2D eigenvalue weighted by atomic mass is 35.5. The van der Waals surface area contributed by atoms with Gasteiger partial charge in [-0.2, -0.15) is 0 Å². The first kappa shape index (κ1) is 18.3. The first-order valence-corrected chi connectivity index (χ1v) is 9.56. The van der Waals surface area contributed by atoms with E-state index in [9.17, 15) is 4.79 Å². The highest BCUT2D eigenvalue weighted by Crippen LogP contribution is 2.32. The predicted octanol–water partition coefficient (Wildman–Crippen LogP) is 5.62. The Labute approximate surface area is 159 Å². The van der Waals surface area contributed by atoms with Crippen molar-refractivity contribution >= 4 is 29.1 Å². The Balaban J connectivity index is 1.75. The fourth-order valence-corrected chi connectivity index (χ4v) is 3.42.